The Morgan fingerprint density at radius 3 is 2.26 bits per heavy atom. The highest BCUT2D eigenvalue weighted by Gasteiger charge is 2.16. The first-order valence-electron chi connectivity index (χ1n) is 7.95. The molecule has 0 unspecified atom stereocenters. The van der Waals surface area contributed by atoms with E-state index < -0.39 is 0 Å². The fourth-order valence-electron chi connectivity index (χ4n) is 3.41. The van der Waals surface area contributed by atoms with Gasteiger partial charge in [0.1, 0.15) is 0 Å². The minimum atomic E-state index is 0.550. The molecule has 4 rings (SSSR count). The third kappa shape index (κ3) is 2.15. The lowest BCUT2D eigenvalue weighted by Crippen LogP contribution is -2.11. The van der Waals surface area contributed by atoms with Crippen molar-refractivity contribution in [2.75, 3.05) is 0 Å². The SMILES string of the molecule is CCn1c2cc(=N)ccc-2c2ccccc2c1-c1ccccc1. The summed E-state index contributed by atoms with van der Waals surface area (Å²) in [5.41, 5.74) is 4.76. The average molecular weight is 298 g/mol. The van der Waals surface area contributed by atoms with Crippen molar-refractivity contribution in [1.29, 1.82) is 5.41 Å². The molecule has 2 aromatic carbocycles. The van der Waals surface area contributed by atoms with Gasteiger partial charge in [-0.3, -0.25) is 0 Å². The maximum atomic E-state index is 8.02. The van der Waals surface area contributed by atoms with E-state index in [-0.39, 0.29) is 0 Å². The molecule has 1 aliphatic heterocycles. The summed E-state index contributed by atoms with van der Waals surface area (Å²) >= 11 is 0. The molecular formula is C21H18N2. The molecule has 23 heavy (non-hydrogen) atoms. The number of nitrogens with zero attached hydrogens (tertiary/aromatic N) is 1. The van der Waals surface area contributed by atoms with Crippen LogP contribution >= 0.6 is 0 Å². The van der Waals surface area contributed by atoms with E-state index in [9.17, 15) is 0 Å². The highest BCUT2D eigenvalue weighted by molar-refractivity contribution is 6.04. The number of hydrogen-bond donors (Lipinski definition) is 1. The number of nitrogens with one attached hydrogen (secondary N) is 1. The Kier molecular flexibility index (Phi) is 3.23. The summed E-state index contributed by atoms with van der Waals surface area (Å²) in [6.45, 7) is 3.03. The second-order valence-electron chi connectivity index (χ2n) is 5.74. The minimum Gasteiger partial charge on any atom is -0.340 e. The van der Waals surface area contributed by atoms with Gasteiger partial charge in [0.2, 0.25) is 0 Å². The fourth-order valence-corrected chi connectivity index (χ4v) is 3.41. The van der Waals surface area contributed by atoms with E-state index in [1.54, 1.807) is 0 Å². The first-order chi connectivity index (χ1) is 11.3. The van der Waals surface area contributed by atoms with Crippen molar-refractivity contribution in [1.82, 2.24) is 4.57 Å². The van der Waals surface area contributed by atoms with Crippen molar-refractivity contribution in [2.24, 2.45) is 0 Å². The summed E-state index contributed by atoms with van der Waals surface area (Å²) in [6, 6.07) is 25.0. The van der Waals surface area contributed by atoms with Crippen LogP contribution in [0.5, 0.6) is 0 Å². The number of rotatable bonds is 2. The molecule has 1 aliphatic carbocycles. The summed E-state index contributed by atoms with van der Waals surface area (Å²) in [5, 5.41) is 11.1. The Morgan fingerprint density at radius 1 is 0.826 bits per heavy atom. The van der Waals surface area contributed by atoms with Crippen molar-refractivity contribution in [2.45, 2.75) is 13.5 Å². The molecule has 0 spiro atoms. The molecule has 0 aromatic heterocycles. The van der Waals surface area contributed by atoms with Crippen molar-refractivity contribution in [3.8, 4) is 22.5 Å². The molecule has 0 atom stereocenters. The third-order valence-corrected chi connectivity index (χ3v) is 4.39. The number of aromatic nitrogens is 1. The Morgan fingerprint density at radius 2 is 1.52 bits per heavy atom. The van der Waals surface area contributed by atoms with Crippen LogP contribution in [0.15, 0.2) is 72.8 Å². The summed E-state index contributed by atoms with van der Waals surface area (Å²) in [7, 11) is 0. The molecule has 0 saturated heterocycles. The van der Waals surface area contributed by atoms with Crippen molar-refractivity contribution < 1.29 is 0 Å². The van der Waals surface area contributed by atoms with Crippen LogP contribution in [0.25, 0.3) is 33.3 Å². The van der Waals surface area contributed by atoms with Crippen LogP contribution in [0, 0.1) is 5.41 Å². The Bertz CT molecular complexity index is 1010. The van der Waals surface area contributed by atoms with Crippen LogP contribution in [0.3, 0.4) is 0 Å². The molecule has 1 heterocycles. The molecule has 0 bridgehead atoms. The van der Waals surface area contributed by atoms with Crippen LogP contribution in [-0.4, -0.2) is 4.57 Å². The number of benzene rings is 3. The van der Waals surface area contributed by atoms with Crippen molar-refractivity contribution in [3.63, 3.8) is 0 Å². The van der Waals surface area contributed by atoms with Gasteiger partial charge in [-0.1, -0.05) is 60.7 Å². The van der Waals surface area contributed by atoms with E-state index in [0.29, 0.717) is 5.36 Å². The molecule has 0 saturated carbocycles. The zero-order chi connectivity index (χ0) is 15.8. The standard InChI is InChI=1S/C21H18N2/c1-2-23-20-14-16(22)12-13-18(20)17-10-6-7-11-19(17)21(23)15-8-4-3-5-9-15/h3-14,22H,2H2,1H3. The Hall–Kier alpha value is -2.87. The van der Waals surface area contributed by atoms with Gasteiger partial charge in [0.25, 0.3) is 0 Å². The zero-order valence-corrected chi connectivity index (χ0v) is 13.1. The van der Waals surface area contributed by atoms with Crippen LogP contribution in [0.4, 0.5) is 0 Å². The number of hydrogen-bond acceptors (Lipinski definition) is 1. The molecular weight excluding hydrogens is 280 g/mol. The summed E-state index contributed by atoms with van der Waals surface area (Å²) in [6.07, 6.45) is 0. The van der Waals surface area contributed by atoms with Gasteiger partial charge in [-0.15, -0.1) is 0 Å². The molecule has 0 fully saturated rings. The molecule has 0 radical (unpaired) electrons. The Balaban J connectivity index is 2.27. The second kappa shape index (κ2) is 5.40. The lowest BCUT2D eigenvalue weighted by atomic mass is 9.95. The molecule has 112 valence electrons. The van der Waals surface area contributed by atoms with E-state index in [4.69, 9.17) is 5.41 Å². The van der Waals surface area contributed by atoms with Gasteiger partial charge in [-0.05, 0) is 30.0 Å². The smallest absolute Gasteiger partial charge is 0.0564 e. The monoisotopic (exact) mass is 298 g/mol. The van der Waals surface area contributed by atoms with Crippen LogP contribution in [0.2, 0.25) is 0 Å². The van der Waals surface area contributed by atoms with Gasteiger partial charge in [0, 0.05) is 17.5 Å². The van der Waals surface area contributed by atoms with E-state index in [1.807, 2.05) is 18.2 Å². The van der Waals surface area contributed by atoms with E-state index >= 15 is 0 Å². The predicted molar refractivity (Wildman–Crippen MR) is 95.5 cm³/mol. The molecule has 0 amide bonds. The van der Waals surface area contributed by atoms with E-state index in [0.717, 1.165) is 12.2 Å². The highest BCUT2D eigenvalue weighted by Crippen LogP contribution is 2.37. The molecule has 2 aliphatic rings. The average Bonchev–Trinajstić information content (AvgIpc) is 2.61. The van der Waals surface area contributed by atoms with Gasteiger partial charge in [0.15, 0.2) is 0 Å². The van der Waals surface area contributed by atoms with Crippen molar-refractivity contribution >= 4 is 10.8 Å². The van der Waals surface area contributed by atoms with Gasteiger partial charge < -0.3 is 9.98 Å². The van der Waals surface area contributed by atoms with Crippen molar-refractivity contribution in [3.05, 3.63) is 78.2 Å². The number of pyridine rings is 1. The second-order valence-corrected chi connectivity index (χ2v) is 5.74. The Labute approximate surface area is 135 Å². The highest BCUT2D eigenvalue weighted by atomic mass is 15.0. The van der Waals surface area contributed by atoms with Gasteiger partial charge in [-0.2, -0.15) is 0 Å². The zero-order valence-electron chi connectivity index (χ0n) is 13.1. The van der Waals surface area contributed by atoms with Crippen LogP contribution in [-0.2, 0) is 6.54 Å². The third-order valence-electron chi connectivity index (χ3n) is 4.39. The van der Waals surface area contributed by atoms with E-state index in [1.165, 1.54) is 27.6 Å². The van der Waals surface area contributed by atoms with Gasteiger partial charge in [-0.25, -0.2) is 0 Å². The lowest BCUT2D eigenvalue weighted by Gasteiger charge is -2.23. The van der Waals surface area contributed by atoms with Crippen LogP contribution in [0.1, 0.15) is 6.92 Å². The topological polar surface area (TPSA) is 28.8 Å². The molecule has 1 N–H and O–H groups in total. The predicted octanol–water partition coefficient (Wildman–Crippen LogP) is 4.91. The normalized spacial score (nSPS) is 11.2. The summed E-state index contributed by atoms with van der Waals surface area (Å²) < 4.78 is 2.32. The quantitative estimate of drug-likeness (QED) is 0.509. The first-order valence-corrected chi connectivity index (χ1v) is 7.95. The molecule has 2 aromatic rings. The molecule has 2 nitrogen and oxygen atoms in total. The van der Waals surface area contributed by atoms with Gasteiger partial charge >= 0.3 is 0 Å². The van der Waals surface area contributed by atoms with Gasteiger partial charge in [0.05, 0.1) is 16.7 Å². The maximum absolute atomic E-state index is 8.02. The van der Waals surface area contributed by atoms with Crippen LogP contribution < -0.4 is 5.36 Å². The minimum absolute atomic E-state index is 0.550. The summed E-state index contributed by atoms with van der Waals surface area (Å²) in [5.74, 6) is 0. The number of fused-ring (bicyclic) bond motifs is 3. The summed E-state index contributed by atoms with van der Waals surface area (Å²) in [4.78, 5) is 0. The fraction of sp³-hybridized carbons (Fsp3) is 0.0952. The largest absolute Gasteiger partial charge is 0.340 e. The lowest BCUT2D eigenvalue weighted by molar-refractivity contribution is 0.776. The first kappa shape index (κ1) is 13.8. The maximum Gasteiger partial charge on any atom is 0.0564 e. The van der Waals surface area contributed by atoms with E-state index in [2.05, 4.69) is 66.1 Å². The molecule has 2 heteroatoms.